The van der Waals surface area contributed by atoms with E-state index in [2.05, 4.69) is 4.98 Å². The maximum atomic E-state index is 12.8. The van der Waals surface area contributed by atoms with Crippen LogP contribution in [0.25, 0.3) is 0 Å². The van der Waals surface area contributed by atoms with Crippen molar-refractivity contribution in [1.29, 1.82) is 0 Å². The fraction of sp³-hybridized carbons (Fsp3) is 0.333. The van der Waals surface area contributed by atoms with Gasteiger partial charge in [-0.25, -0.2) is 4.98 Å². The monoisotopic (exact) mass is 333 g/mol. The van der Waals surface area contributed by atoms with Gasteiger partial charge in [0.05, 0.1) is 11.0 Å². The molecule has 1 aromatic carbocycles. The third-order valence-corrected chi connectivity index (χ3v) is 4.80. The summed E-state index contributed by atoms with van der Waals surface area (Å²) in [5, 5.41) is 23.3. The highest BCUT2D eigenvalue weighted by molar-refractivity contribution is 7.09. The first-order chi connectivity index (χ1) is 11.1. The Hall–Kier alpha value is -2.48. The van der Waals surface area contributed by atoms with E-state index >= 15 is 0 Å². The first-order valence-corrected chi connectivity index (χ1v) is 8.13. The summed E-state index contributed by atoms with van der Waals surface area (Å²) >= 11 is 1.51. The maximum absolute atomic E-state index is 12.8. The average molecular weight is 333 g/mol. The Kier molecular flexibility index (Phi) is 4.24. The number of amides is 1. The molecule has 0 unspecified atom stereocenters. The van der Waals surface area contributed by atoms with Gasteiger partial charge in [-0.2, -0.15) is 0 Å². The summed E-state index contributed by atoms with van der Waals surface area (Å²) in [6.45, 7) is 0.612. The molecule has 2 heterocycles. The summed E-state index contributed by atoms with van der Waals surface area (Å²) in [6.07, 6.45) is 4.50. The molecule has 3 rings (SSSR count). The lowest BCUT2D eigenvalue weighted by Crippen LogP contribution is -2.38. The number of aromatic nitrogens is 1. The highest BCUT2D eigenvalue weighted by Gasteiger charge is 2.31. The van der Waals surface area contributed by atoms with Crippen molar-refractivity contribution in [3.63, 3.8) is 0 Å². The van der Waals surface area contributed by atoms with Crippen molar-refractivity contribution in [2.24, 2.45) is 0 Å². The molecule has 0 radical (unpaired) electrons. The Morgan fingerprint density at radius 3 is 2.91 bits per heavy atom. The Labute approximate surface area is 136 Å². The molecular weight excluding hydrogens is 318 g/mol. The van der Waals surface area contributed by atoms with E-state index in [0.717, 1.165) is 36.4 Å². The zero-order valence-corrected chi connectivity index (χ0v) is 13.0. The number of likely N-dealkylation sites (tertiary alicyclic amines) is 1. The second-order valence-corrected chi connectivity index (χ2v) is 6.27. The SMILES string of the molecule is O=C(c1ccc([N+](=O)[O-])c(O)c1)N1CCCC[C@H]1c1nccs1. The van der Waals surface area contributed by atoms with Gasteiger partial charge in [0.1, 0.15) is 5.01 Å². The van der Waals surface area contributed by atoms with Crippen LogP contribution in [0.5, 0.6) is 5.75 Å². The van der Waals surface area contributed by atoms with Crippen LogP contribution in [0.3, 0.4) is 0 Å². The van der Waals surface area contributed by atoms with Crippen molar-refractivity contribution >= 4 is 22.9 Å². The number of rotatable bonds is 3. The Balaban J connectivity index is 1.89. The lowest BCUT2D eigenvalue weighted by atomic mass is 10.0. The van der Waals surface area contributed by atoms with Gasteiger partial charge < -0.3 is 10.0 Å². The number of piperidine rings is 1. The van der Waals surface area contributed by atoms with E-state index in [0.29, 0.717) is 6.54 Å². The number of nitro groups is 1. The van der Waals surface area contributed by atoms with Gasteiger partial charge in [-0.1, -0.05) is 0 Å². The number of aromatic hydroxyl groups is 1. The molecule has 8 heteroatoms. The zero-order chi connectivity index (χ0) is 16.4. The van der Waals surface area contributed by atoms with Crippen LogP contribution in [-0.2, 0) is 0 Å². The smallest absolute Gasteiger partial charge is 0.310 e. The first-order valence-electron chi connectivity index (χ1n) is 7.25. The van der Waals surface area contributed by atoms with E-state index in [-0.39, 0.29) is 17.5 Å². The molecule has 2 aromatic rings. The van der Waals surface area contributed by atoms with Gasteiger partial charge in [0.2, 0.25) is 0 Å². The molecule has 1 fully saturated rings. The van der Waals surface area contributed by atoms with E-state index in [1.165, 1.54) is 17.4 Å². The summed E-state index contributed by atoms with van der Waals surface area (Å²) in [7, 11) is 0. The number of carbonyl (C=O) groups is 1. The largest absolute Gasteiger partial charge is 0.502 e. The van der Waals surface area contributed by atoms with Gasteiger partial charge in [0.25, 0.3) is 5.91 Å². The van der Waals surface area contributed by atoms with Gasteiger partial charge in [-0.3, -0.25) is 14.9 Å². The molecule has 0 bridgehead atoms. The number of phenolic OH excluding ortho intramolecular Hbond substituents is 1. The summed E-state index contributed by atoms with van der Waals surface area (Å²) in [6, 6.07) is 3.63. The molecule has 0 aliphatic carbocycles. The van der Waals surface area contributed by atoms with E-state index < -0.39 is 16.4 Å². The first kappa shape index (κ1) is 15.4. The van der Waals surface area contributed by atoms with Gasteiger partial charge in [0.15, 0.2) is 5.75 Å². The quantitative estimate of drug-likeness (QED) is 0.687. The second-order valence-electron chi connectivity index (χ2n) is 5.34. The van der Waals surface area contributed by atoms with Gasteiger partial charge in [-0.15, -0.1) is 11.3 Å². The van der Waals surface area contributed by atoms with Crippen LogP contribution < -0.4 is 0 Å². The van der Waals surface area contributed by atoms with Crippen molar-refractivity contribution in [2.45, 2.75) is 25.3 Å². The second kappa shape index (κ2) is 6.33. The molecule has 1 aliphatic heterocycles. The molecule has 1 aromatic heterocycles. The van der Waals surface area contributed by atoms with Gasteiger partial charge in [-0.05, 0) is 31.4 Å². The molecule has 1 aliphatic rings. The van der Waals surface area contributed by atoms with Crippen molar-refractivity contribution in [3.05, 3.63) is 50.5 Å². The molecule has 23 heavy (non-hydrogen) atoms. The number of hydrogen-bond acceptors (Lipinski definition) is 6. The minimum absolute atomic E-state index is 0.0754. The molecule has 1 atom stereocenters. The van der Waals surface area contributed by atoms with E-state index in [4.69, 9.17) is 0 Å². The number of thiazole rings is 1. The molecule has 120 valence electrons. The van der Waals surface area contributed by atoms with E-state index in [1.807, 2.05) is 5.38 Å². The summed E-state index contributed by atoms with van der Waals surface area (Å²) in [5.41, 5.74) is -0.159. The molecule has 1 saturated heterocycles. The minimum atomic E-state index is -0.678. The molecule has 1 amide bonds. The van der Waals surface area contributed by atoms with Crippen LogP contribution in [0.2, 0.25) is 0 Å². The number of phenols is 1. The van der Waals surface area contributed by atoms with Gasteiger partial charge in [0, 0.05) is 29.8 Å². The molecule has 1 N–H and O–H groups in total. The Bertz CT molecular complexity index is 732. The van der Waals surface area contributed by atoms with Crippen molar-refractivity contribution < 1.29 is 14.8 Å². The van der Waals surface area contributed by atoms with E-state index in [9.17, 15) is 20.0 Å². The van der Waals surface area contributed by atoms with Crippen molar-refractivity contribution in [1.82, 2.24) is 9.88 Å². The highest BCUT2D eigenvalue weighted by Crippen LogP contribution is 2.34. The minimum Gasteiger partial charge on any atom is -0.502 e. The molecule has 0 saturated carbocycles. The maximum Gasteiger partial charge on any atom is 0.310 e. The van der Waals surface area contributed by atoms with Crippen LogP contribution >= 0.6 is 11.3 Å². The standard InChI is InChI=1S/C15H15N3O4S/c19-13-9-10(4-5-11(13)18(21)22)15(20)17-7-2-1-3-12(17)14-16-6-8-23-14/h4-6,8-9,12,19H,1-3,7H2/t12-/m0/s1. The number of hydrogen-bond donors (Lipinski definition) is 1. The van der Waals surface area contributed by atoms with Crippen LogP contribution in [0.15, 0.2) is 29.8 Å². The number of nitrogens with zero attached hydrogens (tertiary/aromatic N) is 3. The van der Waals surface area contributed by atoms with Crippen LogP contribution in [0, 0.1) is 10.1 Å². The fourth-order valence-electron chi connectivity index (χ4n) is 2.81. The third-order valence-electron chi connectivity index (χ3n) is 3.92. The van der Waals surface area contributed by atoms with Crippen LogP contribution in [0.4, 0.5) is 5.69 Å². The molecule has 7 nitrogen and oxygen atoms in total. The van der Waals surface area contributed by atoms with E-state index in [1.54, 1.807) is 11.1 Å². The van der Waals surface area contributed by atoms with Crippen molar-refractivity contribution in [3.8, 4) is 5.75 Å². The molecule has 0 spiro atoms. The van der Waals surface area contributed by atoms with Crippen LogP contribution in [0.1, 0.15) is 40.7 Å². The summed E-state index contributed by atoms with van der Waals surface area (Å²) < 4.78 is 0. The lowest BCUT2D eigenvalue weighted by Gasteiger charge is -2.34. The predicted molar refractivity (Wildman–Crippen MR) is 84.5 cm³/mol. The Morgan fingerprint density at radius 1 is 1.43 bits per heavy atom. The number of carbonyl (C=O) groups excluding carboxylic acids is 1. The fourth-order valence-corrected chi connectivity index (χ4v) is 3.59. The Morgan fingerprint density at radius 2 is 2.26 bits per heavy atom. The summed E-state index contributed by atoms with van der Waals surface area (Å²) in [4.78, 5) is 28.9. The normalized spacial score (nSPS) is 17.9. The molecular formula is C15H15N3O4S. The topological polar surface area (TPSA) is 96.6 Å². The highest BCUT2D eigenvalue weighted by atomic mass is 32.1. The lowest BCUT2D eigenvalue weighted by molar-refractivity contribution is -0.385. The predicted octanol–water partition coefficient (Wildman–Crippen LogP) is 3.12. The number of benzene rings is 1. The number of nitro benzene ring substituents is 1. The van der Waals surface area contributed by atoms with Gasteiger partial charge >= 0.3 is 5.69 Å². The van der Waals surface area contributed by atoms with Crippen molar-refractivity contribution in [2.75, 3.05) is 6.54 Å². The average Bonchev–Trinajstić information content (AvgIpc) is 3.08. The zero-order valence-electron chi connectivity index (χ0n) is 12.2. The summed E-state index contributed by atoms with van der Waals surface area (Å²) in [5.74, 6) is -0.737. The third kappa shape index (κ3) is 3.02. The van der Waals surface area contributed by atoms with Crippen LogP contribution in [-0.4, -0.2) is 32.4 Å².